The van der Waals surface area contributed by atoms with E-state index < -0.39 is 5.91 Å². The Balaban J connectivity index is 1.74. The van der Waals surface area contributed by atoms with Gasteiger partial charge in [-0.2, -0.15) is 0 Å². The molecule has 0 spiro atoms. The van der Waals surface area contributed by atoms with Crippen LogP contribution in [-0.4, -0.2) is 35.2 Å². The fourth-order valence-corrected chi connectivity index (χ4v) is 2.56. The summed E-state index contributed by atoms with van der Waals surface area (Å²) in [7, 11) is 4.03. The molecule has 0 aliphatic carbocycles. The zero-order chi connectivity index (χ0) is 17.8. The molecule has 3 rings (SSSR count). The van der Waals surface area contributed by atoms with E-state index in [0.717, 1.165) is 33.7 Å². The third-order valence-electron chi connectivity index (χ3n) is 3.92. The minimum Gasteiger partial charge on any atom is -0.378 e. The maximum absolute atomic E-state index is 11.0. The van der Waals surface area contributed by atoms with Crippen molar-refractivity contribution in [3.05, 3.63) is 65.5 Å². The highest BCUT2D eigenvalue weighted by atomic mass is 16.5. The molecule has 6 heteroatoms. The first-order chi connectivity index (χ1) is 12.0. The van der Waals surface area contributed by atoms with Gasteiger partial charge < -0.3 is 9.88 Å². The molecule has 0 atom stereocenters. The minimum absolute atomic E-state index is 0.552. The number of rotatable bonds is 5. The number of fused-ring (bicyclic) bond motifs is 1. The summed E-state index contributed by atoms with van der Waals surface area (Å²) in [6, 6.07) is 14.0. The van der Waals surface area contributed by atoms with Crippen LogP contribution in [0.5, 0.6) is 0 Å². The standard InChI is InChI=1S/C19H20N4O2/c1-23(2)15-8-9-16-17(12-15)21-18(20-16)11-14-5-3-13(4-6-14)7-10-19(24)22-25/h3-10,12,25H,11H2,1-2H3,(H,20,21)(H,22,24). The van der Waals surface area contributed by atoms with Crippen molar-refractivity contribution in [1.82, 2.24) is 15.4 Å². The van der Waals surface area contributed by atoms with Crippen LogP contribution in [-0.2, 0) is 11.2 Å². The second kappa shape index (κ2) is 7.19. The summed E-state index contributed by atoms with van der Waals surface area (Å²) in [5, 5.41) is 8.46. The molecule has 1 heterocycles. The zero-order valence-electron chi connectivity index (χ0n) is 14.2. The average Bonchev–Trinajstić information content (AvgIpc) is 3.02. The number of benzene rings is 2. The van der Waals surface area contributed by atoms with Crippen LogP contribution in [0.25, 0.3) is 17.1 Å². The van der Waals surface area contributed by atoms with Crippen LogP contribution in [0, 0.1) is 0 Å². The largest absolute Gasteiger partial charge is 0.378 e. The molecular formula is C19H20N4O2. The maximum atomic E-state index is 11.0. The van der Waals surface area contributed by atoms with Crippen molar-refractivity contribution in [3.8, 4) is 0 Å². The molecule has 0 unspecified atom stereocenters. The molecular weight excluding hydrogens is 316 g/mol. The van der Waals surface area contributed by atoms with E-state index in [1.165, 1.54) is 6.08 Å². The predicted octanol–water partition coefficient (Wildman–Crippen LogP) is 2.74. The van der Waals surface area contributed by atoms with E-state index in [4.69, 9.17) is 5.21 Å². The molecule has 2 aromatic carbocycles. The predicted molar refractivity (Wildman–Crippen MR) is 98.6 cm³/mol. The fraction of sp³-hybridized carbons (Fsp3) is 0.158. The molecule has 0 aliphatic rings. The first-order valence-corrected chi connectivity index (χ1v) is 7.92. The Morgan fingerprint density at radius 3 is 2.68 bits per heavy atom. The number of aromatic nitrogens is 2. The van der Waals surface area contributed by atoms with Crippen molar-refractivity contribution in [2.24, 2.45) is 0 Å². The number of carbonyl (C=O) groups is 1. The van der Waals surface area contributed by atoms with E-state index in [1.54, 1.807) is 11.6 Å². The van der Waals surface area contributed by atoms with E-state index in [9.17, 15) is 4.79 Å². The molecule has 0 saturated heterocycles. The van der Waals surface area contributed by atoms with Gasteiger partial charge in [-0.1, -0.05) is 24.3 Å². The number of nitrogens with one attached hydrogen (secondary N) is 2. The number of H-pyrrole nitrogens is 1. The topological polar surface area (TPSA) is 81.2 Å². The van der Waals surface area contributed by atoms with Gasteiger partial charge in [-0.25, -0.2) is 10.5 Å². The molecule has 3 aromatic rings. The summed E-state index contributed by atoms with van der Waals surface area (Å²) in [5.74, 6) is 0.359. The number of carbonyl (C=O) groups excluding carboxylic acids is 1. The van der Waals surface area contributed by atoms with Crippen molar-refractivity contribution in [2.45, 2.75) is 6.42 Å². The molecule has 128 valence electrons. The summed E-state index contributed by atoms with van der Waals surface area (Å²) in [6.45, 7) is 0. The van der Waals surface area contributed by atoms with Crippen molar-refractivity contribution >= 4 is 28.7 Å². The summed E-state index contributed by atoms with van der Waals surface area (Å²) in [6.07, 6.45) is 3.61. The highest BCUT2D eigenvalue weighted by molar-refractivity contribution is 5.90. The van der Waals surface area contributed by atoms with Crippen molar-refractivity contribution < 1.29 is 10.0 Å². The highest BCUT2D eigenvalue weighted by Gasteiger charge is 2.06. The van der Waals surface area contributed by atoms with Crippen LogP contribution in [0.1, 0.15) is 17.0 Å². The quantitative estimate of drug-likeness (QED) is 0.380. The summed E-state index contributed by atoms with van der Waals surface area (Å²) < 4.78 is 0. The lowest BCUT2D eigenvalue weighted by Crippen LogP contribution is -2.14. The molecule has 25 heavy (non-hydrogen) atoms. The highest BCUT2D eigenvalue weighted by Crippen LogP contribution is 2.20. The van der Waals surface area contributed by atoms with Gasteiger partial charge in [0.05, 0.1) is 11.0 Å². The van der Waals surface area contributed by atoms with Gasteiger partial charge in [0, 0.05) is 32.3 Å². The minimum atomic E-state index is -0.552. The van der Waals surface area contributed by atoms with Crippen LogP contribution < -0.4 is 10.4 Å². The molecule has 1 amide bonds. The van der Waals surface area contributed by atoms with Crippen molar-refractivity contribution in [1.29, 1.82) is 0 Å². The van der Waals surface area contributed by atoms with E-state index in [-0.39, 0.29) is 0 Å². The number of hydrogen-bond donors (Lipinski definition) is 3. The Hall–Kier alpha value is -3.12. The van der Waals surface area contributed by atoms with Crippen molar-refractivity contribution in [3.63, 3.8) is 0 Å². The lowest BCUT2D eigenvalue weighted by Gasteiger charge is -2.11. The SMILES string of the molecule is CN(C)c1ccc2nc(Cc3ccc(C=CC(=O)NO)cc3)[nH]c2c1. The number of nitrogens with zero attached hydrogens (tertiary/aromatic N) is 2. The third-order valence-corrected chi connectivity index (χ3v) is 3.92. The Kier molecular flexibility index (Phi) is 4.81. The number of imidazole rings is 1. The fourth-order valence-electron chi connectivity index (χ4n) is 2.56. The molecule has 3 N–H and O–H groups in total. The lowest BCUT2D eigenvalue weighted by atomic mass is 10.1. The van der Waals surface area contributed by atoms with Gasteiger partial charge in [-0.15, -0.1) is 0 Å². The van der Waals surface area contributed by atoms with Gasteiger partial charge in [0.1, 0.15) is 5.82 Å². The molecule has 0 aliphatic heterocycles. The van der Waals surface area contributed by atoms with Crippen molar-refractivity contribution in [2.75, 3.05) is 19.0 Å². The first kappa shape index (κ1) is 16.7. The Morgan fingerprint density at radius 2 is 2.00 bits per heavy atom. The van der Waals surface area contributed by atoms with E-state index in [2.05, 4.69) is 27.0 Å². The van der Waals surface area contributed by atoms with Gasteiger partial charge >= 0.3 is 0 Å². The monoisotopic (exact) mass is 336 g/mol. The van der Waals surface area contributed by atoms with E-state index in [1.807, 2.05) is 44.4 Å². The van der Waals surface area contributed by atoms with Gasteiger partial charge in [0.15, 0.2) is 0 Å². The van der Waals surface area contributed by atoms with Crippen LogP contribution >= 0.6 is 0 Å². The average molecular weight is 336 g/mol. The number of hydrogen-bond acceptors (Lipinski definition) is 4. The smallest absolute Gasteiger partial charge is 0.267 e. The molecule has 0 radical (unpaired) electrons. The Labute approximate surface area is 145 Å². The molecule has 0 saturated carbocycles. The summed E-state index contributed by atoms with van der Waals surface area (Å²) in [5.41, 5.74) is 6.67. The summed E-state index contributed by atoms with van der Waals surface area (Å²) >= 11 is 0. The number of anilines is 1. The molecule has 0 bridgehead atoms. The van der Waals surface area contributed by atoms with Gasteiger partial charge in [0.25, 0.3) is 5.91 Å². The summed E-state index contributed by atoms with van der Waals surface area (Å²) in [4.78, 5) is 21.0. The van der Waals surface area contributed by atoms with E-state index >= 15 is 0 Å². The van der Waals surface area contributed by atoms with Gasteiger partial charge in [-0.05, 0) is 35.4 Å². The number of hydroxylamine groups is 1. The normalized spacial score (nSPS) is 11.2. The molecule has 0 fully saturated rings. The van der Waals surface area contributed by atoms with Gasteiger partial charge in [-0.3, -0.25) is 10.0 Å². The second-order valence-corrected chi connectivity index (χ2v) is 6.01. The Bertz CT molecular complexity index is 911. The number of amides is 1. The van der Waals surface area contributed by atoms with Gasteiger partial charge in [0.2, 0.25) is 0 Å². The van der Waals surface area contributed by atoms with Crippen LogP contribution in [0.3, 0.4) is 0 Å². The van der Waals surface area contributed by atoms with Crippen LogP contribution in [0.4, 0.5) is 5.69 Å². The second-order valence-electron chi connectivity index (χ2n) is 6.01. The lowest BCUT2D eigenvalue weighted by molar-refractivity contribution is -0.124. The first-order valence-electron chi connectivity index (χ1n) is 7.92. The van der Waals surface area contributed by atoms with E-state index in [0.29, 0.717) is 6.42 Å². The third kappa shape index (κ3) is 4.05. The number of aromatic amines is 1. The zero-order valence-corrected chi connectivity index (χ0v) is 14.2. The van der Waals surface area contributed by atoms with Crippen LogP contribution in [0.2, 0.25) is 0 Å². The Morgan fingerprint density at radius 1 is 1.24 bits per heavy atom. The molecule has 1 aromatic heterocycles. The van der Waals surface area contributed by atoms with Crippen LogP contribution in [0.15, 0.2) is 48.5 Å². The maximum Gasteiger partial charge on any atom is 0.267 e. The molecule has 6 nitrogen and oxygen atoms in total.